The van der Waals surface area contributed by atoms with E-state index in [2.05, 4.69) is 5.32 Å². The van der Waals surface area contributed by atoms with Gasteiger partial charge >= 0.3 is 0 Å². The molecule has 0 spiro atoms. The molecular weight excluding hydrogens is 314 g/mol. The van der Waals surface area contributed by atoms with E-state index in [0.29, 0.717) is 18.7 Å². The molecule has 2 amide bonds. The number of nitrogens with zero attached hydrogens (tertiary/aromatic N) is 2. The largest absolute Gasteiger partial charge is 0.362 e. The summed E-state index contributed by atoms with van der Waals surface area (Å²) >= 11 is 0. The second kappa shape index (κ2) is 8.87. The minimum absolute atomic E-state index is 0.0566. The number of carbonyl (C=O) groups excluding carboxylic acids is 2. The van der Waals surface area contributed by atoms with Gasteiger partial charge in [0.05, 0.1) is 6.54 Å². The van der Waals surface area contributed by atoms with Crippen LogP contribution in [0.2, 0.25) is 0 Å². The Bertz CT molecular complexity index is 699. The molecule has 132 valence electrons. The number of para-hydroxylation sites is 1. The molecule has 2 aromatic carbocycles. The first-order chi connectivity index (χ1) is 12.0. The summed E-state index contributed by atoms with van der Waals surface area (Å²) < 4.78 is 0. The van der Waals surface area contributed by atoms with Crippen molar-refractivity contribution in [3.05, 3.63) is 65.7 Å². The minimum atomic E-state index is -0.113. The van der Waals surface area contributed by atoms with Crippen molar-refractivity contribution in [2.75, 3.05) is 32.1 Å². The lowest BCUT2D eigenvalue weighted by Gasteiger charge is -2.26. The van der Waals surface area contributed by atoms with Crippen molar-refractivity contribution in [3.63, 3.8) is 0 Å². The Hall–Kier alpha value is -2.82. The van der Waals surface area contributed by atoms with Crippen LogP contribution in [0.15, 0.2) is 54.6 Å². The summed E-state index contributed by atoms with van der Waals surface area (Å²) in [5.41, 5.74) is 2.65. The second-order valence-corrected chi connectivity index (χ2v) is 5.88. The van der Waals surface area contributed by atoms with E-state index in [1.807, 2.05) is 54.3 Å². The number of rotatable bonds is 7. The van der Waals surface area contributed by atoms with Crippen molar-refractivity contribution in [2.24, 2.45) is 0 Å². The molecule has 0 atom stereocenters. The summed E-state index contributed by atoms with van der Waals surface area (Å²) in [5, 5.41) is 2.59. The minimum Gasteiger partial charge on any atom is -0.362 e. The van der Waals surface area contributed by atoms with E-state index in [-0.39, 0.29) is 11.8 Å². The molecule has 2 aromatic rings. The van der Waals surface area contributed by atoms with E-state index < -0.39 is 0 Å². The number of amides is 2. The molecule has 5 nitrogen and oxygen atoms in total. The monoisotopic (exact) mass is 339 g/mol. The Morgan fingerprint density at radius 2 is 1.64 bits per heavy atom. The zero-order valence-electron chi connectivity index (χ0n) is 15.0. The highest BCUT2D eigenvalue weighted by atomic mass is 16.2. The topological polar surface area (TPSA) is 52.7 Å². The molecule has 0 bridgehead atoms. The smallest absolute Gasteiger partial charge is 0.251 e. The van der Waals surface area contributed by atoms with Gasteiger partial charge in [-0.05, 0) is 36.8 Å². The molecule has 0 aliphatic heterocycles. The van der Waals surface area contributed by atoms with Crippen LogP contribution in [0.25, 0.3) is 0 Å². The number of nitrogens with one attached hydrogen (secondary N) is 1. The number of likely N-dealkylation sites (N-methyl/N-ethyl adjacent to an activating group) is 2. The standard InChI is InChI=1S/C20H25N3O2/c1-4-23(18-8-6-5-7-9-18)15-19(24)22(3)14-16-10-12-17(13-11-16)20(25)21-2/h5-13H,4,14-15H2,1-3H3,(H,21,25). The predicted molar refractivity (Wildman–Crippen MR) is 101 cm³/mol. The average molecular weight is 339 g/mol. The van der Waals surface area contributed by atoms with Gasteiger partial charge in [-0.3, -0.25) is 9.59 Å². The molecule has 0 aliphatic rings. The van der Waals surface area contributed by atoms with E-state index in [0.717, 1.165) is 17.8 Å². The van der Waals surface area contributed by atoms with Crippen LogP contribution >= 0.6 is 0 Å². The lowest BCUT2D eigenvalue weighted by Crippen LogP contribution is -2.38. The Labute approximate surface area is 149 Å². The highest BCUT2D eigenvalue weighted by Gasteiger charge is 2.14. The SMILES string of the molecule is CCN(CC(=O)N(C)Cc1ccc(C(=O)NC)cc1)c1ccccc1. The molecule has 25 heavy (non-hydrogen) atoms. The van der Waals surface area contributed by atoms with Gasteiger partial charge in [-0.2, -0.15) is 0 Å². The molecule has 1 N–H and O–H groups in total. The zero-order valence-corrected chi connectivity index (χ0v) is 15.0. The van der Waals surface area contributed by atoms with Crippen molar-refractivity contribution >= 4 is 17.5 Å². The third-order valence-electron chi connectivity index (χ3n) is 4.12. The van der Waals surface area contributed by atoms with Crippen LogP contribution < -0.4 is 10.2 Å². The molecule has 0 unspecified atom stereocenters. The molecule has 5 heteroatoms. The molecule has 0 aromatic heterocycles. The number of benzene rings is 2. The van der Waals surface area contributed by atoms with Crippen LogP contribution in [-0.2, 0) is 11.3 Å². The van der Waals surface area contributed by atoms with Crippen molar-refractivity contribution in [2.45, 2.75) is 13.5 Å². The van der Waals surface area contributed by atoms with Crippen LogP contribution in [0.5, 0.6) is 0 Å². The molecule has 0 aliphatic carbocycles. The Morgan fingerprint density at radius 3 is 2.20 bits per heavy atom. The number of anilines is 1. The van der Waals surface area contributed by atoms with Gasteiger partial charge < -0.3 is 15.1 Å². The molecule has 0 fully saturated rings. The maximum atomic E-state index is 12.5. The third kappa shape index (κ3) is 5.08. The normalized spacial score (nSPS) is 10.2. The van der Waals surface area contributed by atoms with Crippen LogP contribution in [-0.4, -0.2) is 43.9 Å². The van der Waals surface area contributed by atoms with E-state index >= 15 is 0 Å². The maximum Gasteiger partial charge on any atom is 0.251 e. The summed E-state index contributed by atoms with van der Waals surface area (Å²) in [7, 11) is 3.41. The van der Waals surface area contributed by atoms with Gasteiger partial charge in [0.1, 0.15) is 0 Å². The highest BCUT2D eigenvalue weighted by Crippen LogP contribution is 2.13. The lowest BCUT2D eigenvalue weighted by atomic mass is 10.1. The van der Waals surface area contributed by atoms with Crippen LogP contribution in [0, 0.1) is 0 Å². The van der Waals surface area contributed by atoms with Gasteiger partial charge in [0, 0.05) is 38.4 Å². The summed E-state index contributed by atoms with van der Waals surface area (Å²) in [6.45, 7) is 3.66. The average Bonchev–Trinajstić information content (AvgIpc) is 2.66. The van der Waals surface area contributed by atoms with Crippen molar-refractivity contribution in [1.29, 1.82) is 0 Å². The fourth-order valence-corrected chi connectivity index (χ4v) is 2.58. The van der Waals surface area contributed by atoms with Crippen LogP contribution in [0.1, 0.15) is 22.8 Å². The Morgan fingerprint density at radius 1 is 1.00 bits per heavy atom. The van der Waals surface area contributed by atoms with Gasteiger partial charge in [0.15, 0.2) is 0 Å². The van der Waals surface area contributed by atoms with Gasteiger partial charge in [-0.1, -0.05) is 30.3 Å². The molecular formula is C20H25N3O2. The van der Waals surface area contributed by atoms with Gasteiger partial charge in [-0.25, -0.2) is 0 Å². The van der Waals surface area contributed by atoms with Crippen LogP contribution in [0.3, 0.4) is 0 Å². The molecule has 0 radical (unpaired) electrons. The van der Waals surface area contributed by atoms with Crippen molar-refractivity contribution in [1.82, 2.24) is 10.2 Å². The van der Waals surface area contributed by atoms with E-state index in [1.54, 1.807) is 31.1 Å². The van der Waals surface area contributed by atoms with E-state index in [1.165, 1.54) is 0 Å². The van der Waals surface area contributed by atoms with Crippen molar-refractivity contribution in [3.8, 4) is 0 Å². The highest BCUT2D eigenvalue weighted by molar-refractivity contribution is 5.93. The first kappa shape index (κ1) is 18.5. The number of hydrogen-bond donors (Lipinski definition) is 1. The van der Waals surface area contributed by atoms with E-state index in [4.69, 9.17) is 0 Å². The molecule has 0 saturated heterocycles. The fourth-order valence-electron chi connectivity index (χ4n) is 2.58. The number of carbonyl (C=O) groups is 2. The molecule has 0 saturated carbocycles. The van der Waals surface area contributed by atoms with Crippen molar-refractivity contribution < 1.29 is 9.59 Å². The zero-order chi connectivity index (χ0) is 18.2. The number of hydrogen-bond acceptors (Lipinski definition) is 3. The quantitative estimate of drug-likeness (QED) is 0.843. The third-order valence-corrected chi connectivity index (χ3v) is 4.12. The lowest BCUT2D eigenvalue weighted by molar-refractivity contribution is -0.128. The summed E-state index contributed by atoms with van der Waals surface area (Å²) in [4.78, 5) is 27.9. The maximum absolute atomic E-state index is 12.5. The van der Waals surface area contributed by atoms with Gasteiger partial charge in [-0.15, -0.1) is 0 Å². The Balaban J connectivity index is 1.96. The first-order valence-electron chi connectivity index (χ1n) is 8.40. The van der Waals surface area contributed by atoms with E-state index in [9.17, 15) is 9.59 Å². The first-order valence-corrected chi connectivity index (χ1v) is 8.40. The second-order valence-electron chi connectivity index (χ2n) is 5.88. The summed E-state index contributed by atoms with van der Waals surface area (Å²) in [5.74, 6) is -0.0569. The molecule has 0 heterocycles. The van der Waals surface area contributed by atoms with Gasteiger partial charge in [0.2, 0.25) is 5.91 Å². The summed E-state index contributed by atoms with van der Waals surface area (Å²) in [6.07, 6.45) is 0. The Kier molecular flexibility index (Phi) is 6.57. The van der Waals surface area contributed by atoms with Gasteiger partial charge in [0.25, 0.3) is 5.91 Å². The predicted octanol–water partition coefficient (Wildman–Crippen LogP) is 2.53. The summed E-state index contributed by atoms with van der Waals surface area (Å²) in [6, 6.07) is 17.2. The van der Waals surface area contributed by atoms with Crippen LogP contribution in [0.4, 0.5) is 5.69 Å². The fraction of sp³-hybridized carbons (Fsp3) is 0.300. The molecule has 2 rings (SSSR count).